The monoisotopic (exact) mass is 327 g/mol. The van der Waals surface area contributed by atoms with Crippen molar-refractivity contribution in [3.8, 4) is 0 Å². The summed E-state index contributed by atoms with van der Waals surface area (Å²) in [4.78, 5) is 17.7. The van der Waals surface area contributed by atoms with Crippen molar-refractivity contribution in [1.29, 1.82) is 0 Å². The van der Waals surface area contributed by atoms with Crippen molar-refractivity contribution >= 4 is 36.7 Å². The summed E-state index contributed by atoms with van der Waals surface area (Å²) in [5.41, 5.74) is 1.89. The molecular formula is C13H14ClN3O3S. The summed E-state index contributed by atoms with van der Waals surface area (Å²) >= 11 is 0. The van der Waals surface area contributed by atoms with Gasteiger partial charge < -0.3 is 9.47 Å². The van der Waals surface area contributed by atoms with Crippen molar-refractivity contribution in [2.24, 2.45) is 0 Å². The van der Waals surface area contributed by atoms with Gasteiger partial charge in [0.2, 0.25) is 15.0 Å². The molecule has 1 fully saturated rings. The minimum Gasteiger partial charge on any atom is -0.340 e. The molecule has 1 aromatic heterocycles. The zero-order valence-electron chi connectivity index (χ0n) is 11.1. The summed E-state index contributed by atoms with van der Waals surface area (Å²) in [5, 5.41) is -0.800. The Morgan fingerprint density at radius 2 is 2.05 bits per heavy atom. The Kier molecular flexibility index (Phi) is 3.62. The fourth-order valence-corrected chi connectivity index (χ4v) is 3.62. The maximum absolute atomic E-state index is 11.8. The second-order valence-corrected chi connectivity index (χ2v) is 7.98. The number of likely N-dealkylation sites (tertiary alicyclic amines) is 1. The van der Waals surface area contributed by atoms with Crippen LogP contribution in [0.3, 0.4) is 0 Å². The van der Waals surface area contributed by atoms with Gasteiger partial charge in [0.25, 0.3) is 0 Å². The lowest BCUT2D eigenvalue weighted by Crippen LogP contribution is -2.30. The molecule has 8 heteroatoms. The fourth-order valence-electron chi connectivity index (χ4n) is 2.56. The first-order valence-corrected chi connectivity index (χ1v) is 8.93. The molecule has 2 heterocycles. The molecule has 0 aliphatic carbocycles. The highest BCUT2D eigenvalue weighted by atomic mass is 35.7. The number of aromatic nitrogens is 2. The van der Waals surface area contributed by atoms with Gasteiger partial charge in [-0.3, -0.25) is 4.79 Å². The third-order valence-corrected chi connectivity index (χ3v) is 5.58. The summed E-state index contributed by atoms with van der Waals surface area (Å²) in [6.45, 7) is 1.18. The average molecular weight is 328 g/mol. The Labute approximate surface area is 126 Å². The van der Waals surface area contributed by atoms with Crippen LogP contribution < -0.4 is 0 Å². The number of rotatable bonds is 4. The van der Waals surface area contributed by atoms with Gasteiger partial charge in [-0.15, -0.1) is 0 Å². The Morgan fingerprint density at radius 1 is 1.29 bits per heavy atom. The van der Waals surface area contributed by atoms with Crippen LogP contribution in [-0.4, -0.2) is 47.1 Å². The van der Waals surface area contributed by atoms with Gasteiger partial charge >= 0.3 is 0 Å². The number of hydrogen-bond donors (Lipinski definition) is 0. The van der Waals surface area contributed by atoms with E-state index < -0.39 is 14.3 Å². The maximum Gasteiger partial charge on any atom is 0.237 e. The molecule has 1 aliphatic heterocycles. The molecule has 0 spiro atoms. The van der Waals surface area contributed by atoms with E-state index in [2.05, 4.69) is 4.98 Å². The van der Waals surface area contributed by atoms with E-state index in [0.717, 1.165) is 11.0 Å². The number of hydrogen-bond acceptors (Lipinski definition) is 4. The minimum absolute atomic E-state index is 0.0312. The van der Waals surface area contributed by atoms with Crippen LogP contribution in [0.15, 0.2) is 30.6 Å². The zero-order chi connectivity index (χ0) is 15.0. The highest BCUT2D eigenvalue weighted by molar-refractivity contribution is 8.14. The molecule has 6 nitrogen and oxygen atoms in total. The average Bonchev–Trinajstić information content (AvgIpc) is 3.00. The molecule has 0 N–H and O–H groups in total. The van der Waals surface area contributed by atoms with Gasteiger partial charge in [-0.2, -0.15) is 0 Å². The first-order chi connectivity index (χ1) is 9.95. The highest BCUT2D eigenvalue weighted by Crippen LogP contribution is 2.21. The fraction of sp³-hybridized carbons (Fsp3) is 0.385. The third kappa shape index (κ3) is 2.89. The van der Waals surface area contributed by atoms with Crippen molar-refractivity contribution in [3.05, 3.63) is 30.6 Å². The molecule has 0 saturated carbocycles. The minimum atomic E-state index is -3.68. The van der Waals surface area contributed by atoms with Gasteiger partial charge in [-0.05, 0) is 12.1 Å². The normalized spacial score (nSPS) is 19.6. The lowest BCUT2D eigenvalue weighted by molar-refractivity contribution is -0.127. The van der Waals surface area contributed by atoms with E-state index in [0.29, 0.717) is 13.1 Å². The van der Waals surface area contributed by atoms with Crippen LogP contribution in [0, 0.1) is 0 Å². The molecule has 1 saturated heterocycles. The molecule has 1 aliphatic rings. The second-order valence-electron chi connectivity index (χ2n) is 5.07. The Morgan fingerprint density at radius 3 is 2.76 bits per heavy atom. The van der Waals surface area contributed by atoms with E-state index in [4.69, 9.17) is 10.7 Å². The van der Waals surface area contributed by atoms with Gasteiger partial charge in [0.15, 0.2) is 0 Å². The summed E-state index contributed by atoms with van der Waals surface area (Å²) in [5.74, 6) is -0.173. The number of nitrogens with zero attached hydrogens (tertiary/aromatic N) is 3. The van der Waals surface area contributed by atoms with Gasteiger partial charge in [0.05, 0.1) is 17.4 Å². The standard InChI is InChI=1S/C13H14ClN3O3S/c14-21(19,20)10-7-13(18)16(8-10)5-6-17-9-15-11-3-1-2-4-12(11)17/h1-4,9-10H,5-8H2. The number of imidazole rings is 1. The van der Waals surface area contributed by atoms with Gasteiger partial charge in [-0.1, -0.05) is 12.1 Å². The predicted octanol–water partition coefficient (Wildman–Crippen LogP) is 1.21. The van der Waals surface area contributed by atoms with Crippen LogP contribution in [0.4, 0.5) is 0 Å². The third-order valence-electron chi connectivity index (χ3n) is 3.72. The molecule has 0 bridgehead atoms. The Balaban J connectivity index is 1.70. The smallest absolute Gasteiger partial charge is 0.237 e. The van der Waals surface area contributed by atoms with Crippen molar-refractivity contribution in [2.45, 2.75) is 18.2 Å². The van der Waals surface area contributed by atoms with Crippen molar-refractivity contribution < 1.29 is 13.2 Å². The van der Waals surface area contributed by atoms with Crippen LogP contribution in [0.5, 0.6) is 0 Å². The Bertz CT molecular complexity index is 787. The lowest BCUT2D eigenvalue weighted by atomic mass is 10.3. The maximum atomic E-state index is 11.8. The molecule has 112 valence electrons. The van der Waals surface area contributed by atoms with E-state index in [1.54, 1.807) is 11.2 Å². The van der Waals surface area contributed by atoms with Crippen LogP contribution in [0.25, 0.3) is 11.0 Å². The number of fused-ring (bicyclic) bond motifs is 1. The number of halogens is 1. The summed E-state index contributed by atoms with van der Waals surface area (Å²) in [6.07, 6.45) is 1.69. The molecule has 21 heavy (non-hydrogen) atoms. The van der Waals surface area contributed by atoms with Crippen LogP contribution in [0.1, 0.15) is 6.42 Å². The van der Waals surface area contributed by atoms with E-state index in [-0.39, 0.29) is 18.9 Å². The second kappa shape index (κ2) is 5.31. The number of amides is 1. The summed E-state index contributed by atoms with van der Waals surface area (Å²) < 4.78 is 24.6. The van der Waals surface area contributed by atoms with E-state index in [1.807, 2.05) is 28.8 Å². The molecule has 1 aromatic carbocycles. The first-order valence-electron chi connectivity index (χ1n) is 6.56. The van der Waals surface area contributed by atoms with Gasteiger partial charge in [-0.25, -0.2) is 13.4 Å². The number of carbonyl (C=O) groups is 1. The SMILES string of the molecule is O=C1CC(S(=O)(=O)Cl)CN1CCn1cnc2ccccc21. The van der Waals surface area contributed by atoms with E-state index >= 15 is 0 Å². The first kappa shape index (κ1) is 14.3. The quantitative estimate of drug-likeness (QED) is 0.791. The number of para-hydroxylation sites is 2. The molecule has 1 amide bonds. The lowest BCUT2D eigenvalue weighted by Gasteiger charge is -2.16. The molecular weight excluding hydrogens is 314 g/mol. The molecule has 1 unspecified atom stereocenters. The van der Waals surface area contributed by atoms with Crippen molar-refractivity contribution in [3.63, 3.8) is 0 Å². The van der Waals surface area contributed by atoms with Crippen LogP contribution in [0.2, 0.25) is 0 Å². The molecule has 2 aromatic rings. The topological polar surface area (TPSA) is 72.3 Å². The molecule has 3 rings (SSSR count). The zero-order valence-corrected chi connectivity index (χ0v) is 12.7. The van der Waals surface area contributed by atoms with Gasteiger partial charge in [0, 0.05) is 36.7 Å². The highest BCUT2D eigenvalue weighted by Gasteiger charge is 2.36. The number of carbonyl (C=O) groups excluding carboxylic acids is 1. The van der Waals surface area contributed by atoms with Crippen molar-refractivity contribution in [2.75, 3.05) is 13.1 Å². The number of benzene rings is 1. The van der Waals surface area contributed by atoms with E-state index in [1.165, 1.54) is 0 Å². The van der Waals surface area contributed by atoms with E-state index in [9.17, 15) is 13.2 Å². The molecule has 0 radical (unpaired) electrons. The van der Waals surface area contributed by atoms with Crippen LogP contribution >= 0.6 is 10.7 Å². The summed E-state index contributed by atoms with van der Waals surface area (Å²) in [6, 6.07) is 7.72. The predicted molar refractivity (Wildman–Crippen MR) is 79.5 cm³/mol. The van der Waals surface area contributed by atoms with Crippen LogP contribution in [-0.2, 0) is 20.4 Å². The Hall–Kier alpha value is -1.60. The molecule has 1 atom stereocenters. The largest absolute Gasteiger partial charge is 0.340 e. The summed E-state index contributed by atoms with van der Waals surface area (Å²) in [7, 11) is 1.64. The van der Waals surface area contributed by atoms with Gasteiger partial charge in [0.1, 0.15) is 5.25 Å². The van der Waals surface area contributed by atoms with Crippen molar-refractivity contribution in [1.82, 2.24) is 14.5 Å².